The van der Waals surface area contributed by atoms with E-state index in [1.807, 2.05) is 13.8 Å². The van der Waals surface area contributed by atoms with E-state index in [0.717, 1.165) is 5.56 Å². The van der Waals surface area contributed by atoms with Crippen LogP contribution in [0.5, 0.6) is 11.5 Å². The Kier molecular flexibility index (Phi) is 7.59. The molecular formula is C13H20O4. The van der Waals surface area contributed by atoms with Crippen LogP contribution in [0.1, 0.15) is 19.4 Å². The van der Waals surface area contributed by atoms with E-state index in [4.69, 9.17) is 9.47 Å². The number of hydrogen-bond acceptors (Lipinski definition) is 4. The van der Waals surface area contributed by atoms with Crippen LogP contribution in [0.2, 0.25) is 0 Å². The van der Waals surface area contributed by atoms with E-state index >= 15 is 0 Å². The van der Waals surface area contributed by atoms with Crippen molar-refractivity contribution in [2.24, 2.45) is 0 Å². The SMILES string of the molecule is CC.COC(=O)Cc1ccc(OC)c(OC)c1. The summed E-state index contributed by atoms with van der Waals surface area (Å²) in [5, 5.41) is 0. The van der Waals surface area contributed by atoms with E-state index in [2.05, 4.69) is 4.74 Å². The summed E-state index contributed by atoms with van der Waals surface area (Å²) in [7, 11) is 4.49. The maximum Gasteiger partial charge on any atom is 0.309 e. The molecule has 0 atom stereocenters. The van der Waals surface area contributed by atoms with Gasteiger partial charge in [-0.25, -0.2) is 0 Å². The summed E-state index contributed by atoms with van der Waals surface area (Å²) in [4.78, 5) is 11.0. The summed E-state index contributed by atoms with van der Waals surface area (Å²) in [5.74, 6) is 0.979. The van der Waals surface area contributed by atoms with Gasteiger partial charge in [0, 0.05) is 0 Å². The molecule has 0 aliphatic heterocycles. The summed E-state index contributed by atoms with van der Waals surface area (Å²) < 4.78 is 14.8. The highest BCUT2D eigenvalue weighted by Crippen LogP contribution is 2.27. The predicted molar refractivity (Wildman–Crippen MR) is 66.6 cm³/mol. The molecule has 0 fully saturated rings. The number of methoxy groups -OCH3 is 3. The van der Waals surface area contributed by atoms with Crippen LogP contribution in [-0.4, -0.2) is 27.3 Å². The quantitative estimate of drug-likeness (QED) is 0.758. The minimum atomic E-state index is -0.276. The first-order chi connectivity index (χ1) is 8.21. The highest BCUT2D eigenvalue weighted by Gasteiger charge is 2.07. The van der Waals surface area contributed by atoms with Gasteiger partial charge in [-0.05, 0) is 17.7 Å². The Labute approximate surface area is 102 Å². The van der Waals surface area contributed by atoms with Crippen LogP contribution in [0.15, 0.2) is 18.2 Å². The van der Waals surface area contributed by atoms with Gasteiger partial charge in [0.25, 0.3) is 0 Å². The number of ether oxygens (including phenoxy) is 3. The molecule has 1 aromatic rings. The molecule has 0 saturated carbocycles. The molecule has 0 N–H and O–H groups in total. The zero-order valence-electron chi connectivity index (χ0n) is 11.1. The molecule has 0 bridgehead atoms. The van der Waals surface area contributed by atoms with Gasteiger partial charge in [-0.15, -0.1) is 0 Å². The number of carbonyl (C=O) groups is 1. The molecule has 0 aliphatic rings. The molecule has 0 radical (unpaired) electrons. The first-order valence-electron chi connectivity index (χ1n) is 5.49. The molecule has 0 saturated heterocycles. The maximum atomic E-state index is 11.0. The Morgan fingerprint density at radius 1 is 1.06 bits per heavy atom. The van der Waals surface area contributed by atoms with Crippen molar-refractivity contribution in [2.45, 2.75) is 20.3 Å². The monoisotopic (exact) mass is 240 g/mol. The first-order valence-corrected chi connectivity index (χ1v) is 5.49. The van der Waals surface area contributed by atoms with E-state index in [1.165, 1.54) is 7.11 Å². The Hall–Kier alpha value is -1.71. The van der Waals surface area contributed by atoms with Crippen molar-refractivity contribution >= 4 is 5.97 Å². The molecule has 96 valence electrons. The average Bonchev–Trinajstić information content (AvgIpc) is 2.40. The average molecular weight is 240 g/mol. The fourth-order valence-corrected chi connectivity index (χ4v) is 1.23. The lowest BCUT2D eigenvalue weighted by atomic mass is 10.1. The van der Waals surface area contributed by atoms with Crippen LogP contribution in [0, 0.1) is 0 Å². The fraction of sp³-hybridized carbons (Fsp3) is 0.462. The molecule has 0 aromatic heterocycles. The standard InChI is InChI=1S/C11H14O4.C2H6/c1-13-9-5-4-8(6-10(9)14-2)7-11(12)15-3;1-2/h4-6H,7H2,1-3H3;1-2H3. The summed E-state index contributed by atoms with van der Waals surface area (Å²) in [6.07, 6.45) is 0.233. The third kappa shape index (κ3) is 4.76. The van der Waals surface area contributed by atoms with Crippen molar-refractivity contribution in [3.05, 3.63) is 23.8 Å². The first kappa shape index (κ1) is 15.3. The minimum Gasteiger partial charge on any atom is -0.493 e. The van der Waals surface area contributed by atoms with Crippen LogP contribution in [0.4, 0.5) is 0 Å². The Bertz CT molecular complexity index is 347. The third-order valence-electron chi connectivity index (χ3n) is 2.02. The second kappa shape index (κ2) is 8.44. The molecule has 17 heavy (non-hydrogen) atoms. The largest absolute Gasteiger partial charge is 0.493 e. The van der Waals surface area contributed by atoms with Gasteiger partial charge in [-0.3, -0.25) is 4.79 Å². The maximum absolute atomic E-state index is 11.0. The van der Waals surface area contributed by atoms with Crippen molar-refractivity contribution in [2.75, 3.05) is 21.3 Å². The number of esters is 1. The lowest BCUT2D eigenvalue weighted by molar-refractivity contribution is -0.139. The van der Waals surface area contributed by atoms with E-state index in [-0.39, 0.29) is 12.4 Å². The van der Waals surface area contributed by atoms with E-state index in [0.29, 0.717) is 11.5 Å². The lowest BCUT2D eigenvalue weighted by Gasteiger charge is -2.08. The van der Waals surface area contributed by atoms with Gasteiger partial charge in [-0.1, -0.05) is 19.9 Å². The third-order valence-corrected chi connectivity index (χ3v) is 2.02. The number of benzene rings is 1. The van der Waals surface area contributed by atoms with Crippen molar-refractivity contribution < 1.29 is 19.0 Å². The van der Waals surface area contributed by atoms with Crippen molar-refractivity contribution in [3.63, 3.8) is 0 Å². The summed E-state index contributed by atoms with van der Waals surface area (Å²) in [5.41, 5.74) is 0.833. The topological polar surface area (TPSA) is 44.8 Å². The fourth-order valence-electron chi connectivity index (χ4n) is 1.23. The van der Waals surface area contributed by atoms with Crippen LogP contribution >= 0.6 is 0 Å². The molecule has 1 aromatic carbocycles. The van der Waals surface area contributed by atoms with Crippen LogP contribution < -0.4 is 9.47 Å². The zero-order chi connectivity index (χ0) is 13.3. The molecule has 1 rings (SSSR count). The minimum absolute atomic E-state index is 0.233. The smallest absolute Gasteiger partial charge is 0.309 e. The van der Waals surface area contributed by atoms with Gasteiger partial charge in [0.2, 0.25) is 0 Å². The predicted octanol–water partition coefficient (Wildman–Crippen LogP) is 2.45. The number of hydrogen-bond donors (Lipinski definition) is 0. The molecule has 4 nitrogen and oxygen atoms in total. The molecule has 0 amide bonds. The second-order valence-electron chi connectivity index (χ2n) is 2.94. The van der Waals surface area contributed by atoms with Crippen LogP contribution in [-0.2, 0) is 16.0 Å². The van der Waals surface area contributed by atoms with Crippen LogP contribution in [0.3, 0.4) is 0 Å². The highest BCUT2D eigenvalue weighted by molar-refractivity contribution is 5.72. The Morgan fingerprint density at radius 2 is 1.65 bits per heavy atom. The molecular weight excluding hydrogens is 220 g/mol. The molecule has 0 heterocycles. The van der Waals surface area contributed by atoms with Gasteiger partial charge >= 0.3 is 5.97 Å². The van der Waals surface area contributed by atoms with E-state index < -0.39 is 0 Å². The number of rotatable bonds is 4. The van der Waals surface area contributed by atoms with Gasteiger partial charge < -0.3 is 14.2 Å². The zero-order valence-corrected chi connectivity index (χ0v) is 11.1. The van der Waals surface area contributed by atoms with Gasteiger partial charge in [0.1, 0.15) is 0 Å². The summed E-state index contributed by atoms with van der Waals surface area (Å²) in [6, 6.07) is 5.32. The van der Waals surface area contributed by atoms with E-state index in [9.17, 15) is 4.79 Å². The molecule has 0 unspecified atom stereocenters. The van der Waals surface area contributed by atoms with Crippen LogP contribution in [0.25, 0.3) is 0 Å². The molecule has 0 spiro atoms. The number of carbonyl (C=O) groups excluding carboxylic acids is 1. The second-order valence-corrected chi connectivity index (χ2v) is 2.94. The summed E-state index contributed by atoms with van der Waals surface area (Å²) >= 11 is 0. The molecule has 4 heteroatoms. The van der Waals surface area contributed by atoms with Gasteiger partial charge in [-0.2, -0.15) is 0 Å². The lowest BCUT2D eigenvalue weighted by Crippen LogP contribution is -2.04. The van der Waals surface area contributed by atoms with Gasteiger partial charge in [0.15, 0.2) is 11.5 Å². The van der Waals surface area contributed by atoms with Crippen molar-refractivity contribution in [3.8, 4) is 11.5 Å². The highest BCUT2D eigenvalue weighted by atomic mass is 16.5. The van der Waals surface area contributed by atoms with E-state index in [1.54, 1.807) is 32.4 Å². The Morgan fingerprint density at radius 3 is 2.12 bits per heavy atom. The van der Waals surface area contributed by atoms with Crippen molar-refractivity contribution in [1.82, 2.24) is 0 Å². The van der Waals surface area contributed by atoms with Gasteiger partial charge in [0.05, 0.1) is 27.8 Å². The summed E-state index contributed by atoms with van der Waals surface area (Å²) in [6.45, 7) is 4.00. The normalized spacial score (nSPS) is 8.76. The Balaban J connectivity index is 0.00000121. The van der Waals surface area contributed by atoms with Crippen molar-refractivity contribution in [1.29, 1.82) is 0 Å². The molecule has 0 aliphatic carbocycles.